The summed E-state index contributed by atoms with van der Waals surface area (Å²) in [5.41, 5.74) is 12.5. The molecule has 0 fully saturated rings. The predicted molar refractivity (Wildman–Crippen MR) is 189 cm³/mol. The van der Waals surface area contributed by atoms with Crippen LogP contribution in [0.1, 0.15) is 0 Å². The van der Waals surface area contributed by atoms with Crippen molar-refractivity contribution in [3.05, 3.63) is 158 Å². The SMILES string of the molecule is c1ccc(-c2cccc(-c3ccc4c(c3)B3Oc5ccc(-n6c7ccccc7c7ccccc76)cc5-c5cccc(c53)O4)c2)cc1. The molecule has 0 spiro atoms. The van der Waals surface area contributed by atoms with E-state index < -0.39 is 0 Å². The third-order valence-electron chi connectivity index (χ3n) is 9.48. The number of hydrogen-bond acceptors (Lipinski definition) is 2. The molecular formula is C42H26BNO2. The third-order valence-corrected chi connectivity index (χ3v) is 9.48. The Morgan fingerprint density at radius 1 is 0.435 bits per heavy atom. The lowest BCUT2D eigenvalue weighted by molar-refractivity contribution is 0.479. The van der Waals surface area contributed by atoms with Gasteiger partial charge in [0.15, 0.2) is 0 Å². The Bertz CT molecular complexity index is 2440. The van der Waals surface area contributed by atoms with Gasteiger partial charge in [-0.25, -0.2) is 0 Å². The molecule has 0 amide bonds. The summed E-state index contributed by atoms with van der Waals surface area (Å²) in [6, 6.07) is 55.9. The van der Waals surface area contributed by atoms with Crippen molar-refractivity contribution in [2.45, 2.75) is 0 Å². The normalized spacial score (nSPS) is 12.7. The zero-order valence-electron chi connectivity index (χ0n) is 24.9. The van der Waals surface area contributed by atoms with Crippen LogP contribution in [0.3, 0.4) is 0 Å². The van der Waals surface area contributed by atoms with E-state index in [1.807, 2.05) is 0 Å². The molecule has 0 saturated heterocycles. The molecule has 8 aromatic rings. The van der Waals surface area contributed by atoms with Crippen molar-refractivity contribution < 1.29 is 9.39 Å². The van der Waals surface area contributed by atoms with Crippen molar-refractivity contribution in [3.63, 3.8) is 0 Å². The largest absolute Gasteiger partial charge is 0.551 e. The maximum atomic E-state index is 6.91. The Morgan fingerprint density at radius 2 is 1.09 bits per heavy atom. The summed E-state index contributed by atoms with van der Waals surface area (Å²) in [7, 11) is 0. The maximum Gasteiger partial charge on any atom is 0.434 e. The number of aromatic nitrogens is 1. The third kappa shape index (κ3) is 3.74. The Kier molecular flexibility index (Phi) is 5.37. The molecule has 10 rings (SSSR count). The highest BCUT2D eigenvalue weighted by atomic mass is 16.5. The summed E-state index contributed by atoms with van der Waals surface area (Å²) in [5.74, 6) is 2.56. The fourth-order valence-corrected chi connectivity index (χ4v) is 7.37. The summed E-state index contributed by atoms with van der Waals surface area (Å²) in [4.78, 5) is 0. The van der Waals surface area contributed by atoms with Crippen LogP contribution in [0, 0.1) is 0 Å². The second-order valence-corrected chi connectivity index (χ2v) is 12.1. The van der Waals surface area contributed by atoms with Crippen molar-refractivity contribution >= 4 is 39.6 Å². The van der Waals surface area contributed by atoms with E-state index in [1.165, 1.54) is 32.9 Å². The Labute approximate surface area is 267 Å². The van der Waals surface area contributed by atoms with E-state index in [0.29, 0.717) is 0 Å². The van der Waals surface area contributed by atoms with Gasteiger partial charge in [-0.2, -0.15) is 0 Å². The summed E-state index contributed by atoms with van der Waals surface area (Å²) in [5, 5.41) is 2.50. The van der Waals surface area contributed by atoms with E-state index >= 15 is 0 Å². The van der Waals surface area contributed by atoms with Gasteiger partial charge in [-0.1, -0.05) is 109 Å². The number of fused-ring (bicyclic) bond motifs is 7. The minimum atomic E-state index is -0.265. The molecule has 2 aliphatic rings. The molecule has 0 aliphatic carbocycles. The van der Waals surface area contributed by atoms with Gasteiger partial charge in [0.25, 0.3) is 0 Å². The van der Waals surface area contributed by atoms with Crippen LogP contribution >= 0.6 is 0 Å². The average Bonchev–Trinajstić information content (AvgIpc) is 3.46. The zero-order valence-corrected chi connectivity index (χ0v) is 24.9. The van der Waals surface area contributed by atoms with Crippen LogP contribution in [-0.2, 0) is 0 Å². The fourth-order valence-electron chi connectivity index (χ4n) is 7.37. The topological polar surface area (TPSA) is 23.4 Å². The van der Waals surface area contributed by atoms with Crippen molar-refractivity contribution in [2.24, 2.45) is 0 Å². The van der Waals surface area contributed by atoms with E-state index in [2.05, 4.69) is 162 Å². The molecule has 0 atom stereocenters. The molecule has 46 heavy (non-hydrogen) atoms. The Balaban J connectivity index is 1.09. The van der Waals surface area contributed by atoms with Gasteiger partial charge in [-0.15, -0.1) is 0 Å². The lowest BCUT2D eigenvalue weighted by Gasteiger charge is -2.33. The molecule has 0 saturated carbocycles. The van der Waals surface area contributed by atoms with Crippen molar-refractivity contribution in [1.82, 2.24) is 4.57 Å². The standard InChI is InChI=1S/C42H26BNO2/c1-2-10-27(11-3-1)28-12-8-13-29(24-28)30-20-22-40-36(25-30)43-42-34(16-9-19-41(42)45-40)35-26-31(21-23-39(35)46-43)44-37-17-6-4-14-32(37)33-15-5-7-18-38(33)44/h1-26H. The second-order valence-electron chi connectivity index (χ2n) is 12.1. The molecule has 0 bridgehead atoms. The summed E-state index contributed by atoms with van der Waals surface area (Å²) in [6.07, 6.45) is 0. The first-order chi connectivity index (χ1) is 22.8. The summed E-state index contributed by atoms with van der Waals surface area (Å²) in [6.45, 7) is -0.265. The number of rotatable bonds is 3. The molecule has 7 aromatic carbocycles. The van der Waals surface area contributed by atoms with Crippen molar-refractivity contribution in [2.75, 3.05) is 0 Å². The van der Waals surface area contributed by atoms with Gasteiger partial charge in [0.05, 0.1) is 11.0 Å². The molecule has 0 N–H and O–H groups in total. The number of hydrogen-bond donors (Lipinski definition) is 0. The van der Waals surface area contributed by atoms with Gasteiger partial charge in [0.2, 0.25) is 0 Å². The zero-order chi connectivity index (χ0) is 30.2. The molecule has 3 nitrogen and oxygen atoms in total. The van der Waals surface area contributed by atoms with Gasteiger partial charge in [0, 0.05) is 32.9 Å². The lowest BCUT2D eigenvalue weighted by atomic mass is 9.50. The van der Waals surface area contributed by atoms with Crippen molar-refractivity contribution in [3.8, 4) is 56.3 Å². The minimum absolute atomic E-state index is 0.265. The fraction of sp³-hybridized carbons (Fsp3) is 0. The minimum Gasteiger partial charge on any atom is -0.551 e. The monoisotopic (exact) mass is 587 g/mol. The highest BCUT2D eigenvalue weighted by Gasteiger charge is 2.40. The van der Waals surface area contributed by atoms with Gasteiger partial charge in [0.1, 0.15) is 17.2 Å². The van der Waals surface area contributed by atoms with Gasteiger partial charge in [-0.05, 0) is 76.3 Å². The molecule has 1 aromatic heterocycles. The van der Waals surface area contributed by atoms with E-state index in [1.54, 1.807) is 0 Å². The van der Waals surface area contributed by atoms with Gasteiger partial charge < -0.3 is 14.0 Å². The molecule has 0 radical (unpaired) electrons. The van der Waals surface area contributed by atoms with Crippen LogP contribution in [0.25, 0.3) is 60.9 Å². The Morgan fingerprint density at radius 3 is 1.89 bits per heavy atom. The first-order valence-corrected chi connectivity index (χ1v) is 15.7. The smallest absolute Gasteiger partial charge is 0.434 e. The number of benzene rings is 7. The molecule has 0 unspecified atom stereocenters. The molecule has 3 heterocycles. The molecule has 214 valence electrons. The lowest BCUT2D eigenvalue weighted by Crippen LogP contribution is -2.53. The Hall–Kier alpha value is -6.00. The van der Waals surface area contributed by atoms with Crippen LogP contribution in [0.4, 0.5) is 0 Å². The van der Waals surface area contributed by atoms with Gasteiger partial charge >= 0.3 is 6.92 Å². The summed E-state index contributed by atoms with van der Waals surface area (Å²) < 4.78 is 15.8. The number of nitrogens with zero attached hydrogens (tertiary/aromatic N) is 1. The van der Waals surface area contributed by atoms with Crippen molar-refractivity contribution in [1.29, 1.82) is 0 Å². The quantitative estimate of drug-likeness (QED) is 0.192. The van der Waals surface area contributed by atoms with Crippen LogP contribution in [-0.4, -0.2) is 11.5 Å². The van der Waals surface area contributed by atoms with E-state index in [4.69, 9.17) is 9.39 Å². The number of ether oxygens (including phenoxy) is 1. The molecular weight excluding hydrogens is 561 g/mol. The van der Waals surface area contributed by atoms with Crippen LogP contribution < -0.4 is 20.3 Å². The van der Waals surface area contributed by atoms with E-state index in [-0.39, 0.29) is 6.92 Å². The maximum absolute atomic E-state index is 6.91. The predicted octanol–water partition coefficient (Wildman–Crippen LogP) is 9.39. The van der Waals surface area contributed by atoms with Gasteiger partial charge in [-0.3, -0.25) is 0 Å². The van der Waals surface area contributed by atoms with E-state index in [0.717, 1.165) is 56.1 Å². The van der Waals surface area contributed by atoms with Crippen LogP contribution in [0.5, 0.6) is 17.2 Å². The first-order valence-electron chi connectivity index (χ1n) is 15.7. The highest BCUT2D eigenvalue weighted by molar-refractivity contribution is 6.84. The molecule has 2 aliphatic heterocycles. The molecule has 4 heteroatoms. The average molecular weight is 587 g/mol. The van der Waals surface area contributed by atoms with Crippen LogP contribution in [0.15, 0.2) is 158 Å². The van der Waals surface area contributed by atoms with E-state index in [9.17, 15) is 0 Å². The number of para-hydroxylation sites is 2. The summed E-state index contributed by atoms with van der Waals surface area (Å²) >= 11 is 0. The highest BCUT2D eigenvalue weighted by Crippen LogP contribution is 2.42. The van der Waals surface area contributed by atoms with Crippen LogP contribution in [0.2, 0.25) is 0 Å². The first kappa shape index (κ1) is 25.3. The second kappa shape index (κ2) is 9.75.